The van der Waals surface area contributed by atoms with Crippen molar-refractivity contribution in [1.29, 1.82) is 0 Å². The summed E-state index contributed by atoms with van der Waals surface area (Å²) in [5.74, 6) is -1.37. The van der Waals surface area contributed by atoms with Crippen molar-refractivity contribution in [3.05, 3.63) is 28.5 Å². The van der Waals surface area contributed by atoms with E-state index >= 15 is 0 Å². The predicted molar refractivity (Wildman–Crippen MR) is 113 cm³/mol. The summed E-state index contributed by atoms with van der Waals surface area (Å²) in [6.07, 6.45) is 0.487. The van der Waals surface area contributed by atoms with Crippen LogP contribution in [-0.2, 0) is 25.5 Å². The second-order valence-corrected chi connectivity index (χ2v) is 8.34. The van der Waals surface area contributed by atoms with Crippen LogP contribution in [0.25, 0.3) is 0 Å². The summed E-state index contributed by atoms with van der Waals surface area (Å²) in [5, 5.41) is 2.82. The van der Waals surface area contributed by atoms with Gasteiger partial charge in [-0.2, -0.15) is 0 Å². The minimum absolute atomic E-state index is 0.0134. The molecule has 0 heterocycles. The van der Waals surface area contributed by atoms with Crippen LogP contribution < -0.4 is 15.8 Å². The Hall–Kier alpha value is -2.55. The molecule has 10 heteroatoms. The van der Waals surface area contributed by atoms with E-state index in [1.165, 1.54) is 13.2 Å². The number of benzene rings is 1. The first-order chi connectivity index (χ1) is 14.4. The van der Waals surface area contributed by atoms with Crippen LogP contribution in [0.2, 0.25) is 5.02 Å². The number of methoxy groups -OCH3 is 1. The summed E-state index contributed by atoms with van der Waals surface area (Å²) in [5.41, 5.74) is 4.97. The summed E-state index contributed by atoms with van der Waals surface area (Å²) >= 11 is 6.34. The van der Waals surface area contributed by atoms with Crippen LogP contribution in [-0.4, -0.2) is 43.3 Å². The monoisotopic (exact) mass is 460 g/mol. The summed E-state index contributed by atoms with van der Waals surface area (Å²) in [7, 11) is 1.30. The van der Waals surface area contributed by atoms with E-state index in [4.69, 9.17) is 26.8 Å². The van der Waals surface area contributed by atoms with E-state index < -0.39 is 29.5 Å². The molecule has 2 amide bonds. The van der Waals surface area contributed by atoms with E-state index in [1.54, 1.807) is 20.8 Å². The number of amides is 2. The first-order valence-corrected chi connectivity index (χ1v) is 10.2. The number of esters is 1. The highest BCUT2D eigenvalue weighted by atomic mass is 35.5. The molecule has 174 valence electrons. The molecule has 1 rings (SSSR count). The maximum Gasteiger partial charge on any atom is 0.407 e. The average Bonchev–Trinajstić information content (AvgIpc) is 2.65. The molecule has 1 atom stereocenters. The fourth-order valence-corrected chi connectivity index (χ4v) is 2.87. The topological polar surface area (TPSA) is 117 Å². The summed E-state index contributed by atoms with van der Waals surface area (Å²) in [4.78, 5) is 34.5. The van der Waals surface area contributed by atoms with E-state index in [9.17, 15) is 18.8 Å². The molecule has 0 aliphatic rings. The van der Waals surface area contributed by atoms with E-state index in [0.29, 0.717) is 18.4 Å². The number of rotatable bonds is 11. The van der Waals surface area contributed by atoms with Crippen LogP contribution in [0.4, 0.5) is 9.18 Å². The van der Waals surface area contributed by atoms with Crippen molar-refractivity contribution in [2.75, 3.05) is 13.7 Å². The number of ether oxygens (including phenoxy) is 3. The van der Waals surface area contributed by atoms with Crippen molar-refractivity contribution < 1.29 is 33.0 Å². The third kappa shape index (κ3) is 10.9. The van der Waals surface area contributed by atoms with Gasteiger partial charge in [-0.25, -0.2) is 9.18 Å². The first-order valence-electron chi connectivity index (χ1n) is 9.86. The van der Waals surface area contributed by atoms with Gasteiger partial charge in [0.15, 0.2) is 0 Å². The lowest BCUT2D eigenvalue weighted by Crippen LogP contribution is -2.42. The highest BCUT2D eigenvalue weighted by Crippen LogP contribution is 2.31. The standard InChI is InChI=1S/C21H30ClFN2O6/c1-21(2,3)31-20(28)25-15(8-9-17(24)26)12-30-16-11-14(23)10-13(19(16)22)6-5-7-18(27)29-4/h10-11,15H,5-9,12H2,1-4H3,(H2,24,26)(H,25,28). The maximum atomic E-state index is 14.1. The highest BCUT2D eigenvalue weighted by molar-refractivity contribution is 6.32. The van der Waals surface area contributed by atoms with Crippen molar-refractivity contribution in [3.63, 3.8) is 0 Å². The zero-order valence-electron chi connectivity index (χ0n) is 18.3. The normalized spacial score (nSPS) is 12.1. The Morgan fingerprint density at radius 1 is 1.23 bits per heavy atom. The van der Waals surface area contributed by atoms with Crippen molar-refractivity contribution in [3.8, 4) is 5.75 Å². The number of hydrogen-bond acceptors (Lipinski definition) is 6. The number of primary amides is 1. The fraction of sp³-hybridized carbons (Fsp3) is 0.571. The van der Waals surface area contributed by atoms with Crippen LogP contribution in [0.1, 0.15) is 52.0 Å². The molecule has 0 bridgehead atoms. The van der Waals surface area contributed by atoms with Gasteiger partial charge in [-0.1, -0.05) is 11.6 Å². The van der Waals surface area contributed by atoms with Gasteiger partial charge in [0.2, 0.25) is 5.91 Å². The lowest BCUT2D eigenvalue weighted by atomic mass is 10.1. The molecule has 0 spiro atoms. The molecular weight excluding hydrogens is 431 g/mol. The minimum atomic E-state index is -0.704. The number of aryl methyl sites for hydroxylation is 1. The number of nitrogens with two attached hydrogens (primary N) is 1. The van der Waals surface area contributed by atoms with Gasteiger partial charge < -0.3 is 25.3 Å². The van der Waals surface area contributed by atoms with E-state index in [2.05, 4.69) is 10.1 Å². The van der Waals surface area contributed by atoms with Gasteiger partial charge >= 0.3 is 12.1 Å². The molecule has 31 heavy (non-hydrogen) atoms. The molecule has 0 aliphatic heterocycles. The summed E-state index contributed by atoms with van der Waals surface area (Å²) < 4.78 is 29.5. The van der Waals surface area contributed by atoms with Crippen LogP contribution in [0.15, 0.2) is 12.1 Å². The van der Waals surface area contributed by atoms with Crippen molar-refractivity contribution in [2.24, 2.45) is 5.73 Å². The fourth-order valence-electron chi connectivity index (χ4n) is 2.61. The summed E-state index contributed by atoms with van der Waals surface area (Å²) in [6, 6.07) is 1.78. The highest BCUT2D eigenvalue weighted by Gasteiger charge is 2.21. The van der Waals surface area contributed by atoms with Gasteiger partial charge in [-0.15, -0.1) is 0 Å². The van der Waals surface area contributed by atoms with Crippen molar-refractivity contribution in [2.45, 2.75) is 64.5 Å². The van der Waals surface area contributed by atoms with Crippen LogP contribution in [0.3, 0.4) is 0 Å². The Kier molecular flexibility index (Phi) is 10.5. The number of nitrogens with one attached hydrogen (secondary N) is 1. The molecule has 0 aliphatic carbocycles. The molecular formula is C21H30ClFN2O6. The Morgan fingerprint density at radius 3 is 2.48 bits per heavy atom. The number of carbonyl (C=O) groups excluding carboxylic acids is 3. The predicted octanol–water partition coefficient (Wildman–Crippen LogP) is 3.51. The summed E-state index contributed by atoms with van der Waals surface area (Å²) in [6.45, 7) is 5.07. The molecule has 8 nitrogen and oxygen atoms in total. The molecule has 1 unspecified atom stereocenters. The quantitative estimate of drug-likeness (QED) is 0.488. The number of halogens is 2. The minimum Gasteiger partial charge on any atom is -0.490 e. The molecule has 0 radical (unpaired) electrons. The van der Waals surface area contributed by atoms with Gasteiger partial charge in [-0.05, 0) is 51.7 Å². The van der Waals surface area contributed by atoms with E-state index in [-0.39, 0.29) is 42.6 Å². The number of carbonyl (C=O) groups is 3. The molecule has 1 aromatic carbocycles. The van der Waals surface area contributed by atoms with Crippen LogP contribution >= 0.6 is 11.6 Å². The zero-order valence-corrected chi connectivity index (χ0v) is 19.0. The van der Waals surface area contributed by atoms with E-state index in [1.807, 2.05) is 0 Å². The van der Waals surface area contributed by atoms with Crippen LogP contribution in [0, 0.1) is 5.82 Å². The second kappa shape index (κ2) is 12.3. The Morgan fingerprint density at radius 2 is 1.90 bits per heavy atom. The maximum absolute atomic E-state index is 14.1. The molecule has 1 aromatic rings. The molecule has 0 fully saturated rings. The van der Waals surface area contributed by atoms with Crippen LogP contribution in [0.5, 0.6) is 5.75 Å². The largest absolute Gasteiger partial charge is 0.490 e. The SMILES string of the molecule is COC(=O)CCCc1cc(F)cc(OCC(CCC(N)=O)NC(=O)OC(C)(C)C)c1Cl. The Labute approximate surface area is 186 Å². The Balaban J connectivity index is 2.84. The van der Waals surface area contributed by atoms with Gasteiger partial charge in [0, 0.05) is 18.9 Å². The molecule has 0 saturated carbocycles. The third-order valence-electron chi connectivity index (χ3n) is 4.03. The molecule has 0 saturated heterocycles. The van der Waals surface area contributed by atoms with Gasteiger partial charge in [0.05, 0.1) is 18.2 Å². The van der Waals surface area contributed by atoms with Crippen molar-refractivity contribution in [1.82, 2.24) is 5.32 Å². The number of hydrogen-bond donors (Lipinski definition) is 2. The van der Waals surface area contributed by atoms with Crippen molar-refractivity contribution >= 4 is 29.6 Å². The average molecular weight is 461 g/mol. The lowest BCUT2D eigenvalue weighted by molar-refractivity contribution is -0.140. The lowest BCUT2D eigenvalue weighted by Gasteiger charge is -2.24. The molecule has 0 aromatic heterocycles. The smallest absolute Gasteiger partial charge is 0.407 e. The molecule has 3 N–H and O–H groups in total. The first kappa shape index (κ1) is 26.5. The number of alkyl carbamates (subject to hydrolysis) is 1. The van der Waals surface area contributed by atoms with Gasteiger partial charge in [0.1, 0.15) is 23.8 Å². The van der Waals surface area contributed by atoms with E-state index in [0.717, 1.165) is 6.07 Å². The third-order valence-corrected chi connectivity index (χ3v) is 4.46. The Bertz CT molecular complexity index is 782. The zero-order chi connectivity index (χ0) is 23.6. The van der Waals surface area contributed by atoms with Gasteiger partial charge in [-0.3, -0.25) is 9.59 Å². The van der Waals surface area contributed by atoms with Gasteiger partial charge in [0.25, 0.3) is 0 Å². The second-order valence-electron chi connectivity index (χ2n) is 7.97.